The third-order valence-electron chi connectivity index (χ3n) is 12.4. The molecule has 5 aliphatic carbocycles. The second kappa shape index (κ2) is 6.39. The van der Waals surface area contributed by atoms with Crippen molar-refractivity contribution in [3.8, 4) is 5.75 Å². The van der Waals surface area contributed by atoms with E-state index < -0.39 is 5.60 Å². The Kier molecular flexibility index (Phi) is 3.76. The Bertz CT molecular complexity index is 1480. The summed E-state index contributed by atoms with van der Waals surface area (Å²) in [6, 6.07) is 9.63. The van der Waals surface area contributed by atoms with Gasteiger partial charge in [0.25, 0.3) is 0 Å². The average Bonchev–Trinajstić information content (AvgIpc) is 3.38. The highest BCUT2D eigenvalue weighted by atomic mass is 16.6. The lowest BCUT2D eigenvalue weighted by Gasteiger charge is -2.83. The molecule has 7 nitrogen and oxygen atoms in total. The lowest BCUT2D eigenvalue weighted by molar-refractivity contribution is -0.323. The van der Waals surface area contributed by atoms with Gasteiger partial charge in [-0.3, -0.25) is 0 Å². The summed E-state index contributed by atoms with van der Waals surface area (Å²) in [4.78, 5) is 28.2. The van der Waals surface area contributed by atoms with Crippen LogP contribution in [0.2, 0.25) is 0 Å². The first-order valence-corrected chi connectivity index (χ1v) is 14.8. The number of carbonyl (C=O) groups is 1. The van der Waals surface area contributed by atoms with Gasteiger partial charge in [-0.05, 0) is 107 Å². The number of anilines is 1. The van der Waals surface area contributed by atoms with Crippen LogP contribution in [0.3, 0.4) is 0 Å². The number of hydrogen-bond donors (Lipinski definition) is 0. The quantitative estimate of drug-likeness (QED) is 0.559. The molecular formula is C32H38N4O3. The molecule has 7 unspecified atom stereocenters. The number of aryl methyl sites for hydroxylation is 2. The van der Waals surface area contributed by atoms with E-state index in [0.717, 1.165) is 42.6 Å². The summed E-state index contributed by atoms with van der Waals surface area (Å²) >= 11 is 0. The fourth-order valence-corrected chi connectivity index (χ4v) is 12.4. The van der Waals surface area contributed by atoms with Crippen LogP contribution in [0.5, 0.6) is 5.75 Å². The first-order chi connectivity index (χ1) is 18.5. The van der Waals surface area contributed by atoms with Crippen LogP contribution in [0, 0.1) is 41.9 Å². The summed E-state index contributed by atoms with van der Waals surface area (Å²) in [5.41, 5.74) is 5.23. The largest absolute Gasteiger partial charge is 0.497 e. The highest BCUT2D eigenvalue weighted by Crippen LogP contribution is 3.00. The zero-order chi connectivity index (χ0) is 26.9. The molecule has 7 heteroatoms. The van der Waals surface area contributed by atoms with Crippen LogP contribution in [0.15, 0.2) is 24.3 Å². The second-order valence-electron chi connectivity index (χ2n) is 14.9. The molecule has 2 aromatic rings. The van der Waals surface area contributed by atoms with Crippen LogP contribution in [-0.2, 0) is 16.6 Å². The maximum absolute atomic E-state index is 13.5. The summed E-state index contributed by atoms with van der Waals surface area (Å²) in [7, 11) is 1.78. The highest BCUT2D eigenvalue weighted by Gasteiger charge is 3.03. The number of methoxy groups -OCH3 is 1. The van der Waals surface area contributed by atoms with Gasteiger partial charge in [0.2, 0.25) is 5.95 Å². The Morgan fingerprint density at radius 3 is 2.56 bits per heavy atom. The van der Waals surface area contributed by atoms with E-state index in [0.29, 0.717) is 17.9 Å². The molecule has 1 aromatic carbocycles. The predicted octanol–water partition coefficient (Wildman–Crippen LogP) is 4.82. The maximum Gasteiger partial charge on any atom is 0.410 e. The fraction of sp³-hybridized carbons (Fsp3) is 0.656. The maximum atomic E-state index is 13.5. The van der Waals surface area contributed by atoms with Gasteiger partial charge < -0.3 is 19.3 Å². The van der Waals surface area contributed by atoms with E-state index in [1.54, 1.807) is 7.11 Å². The predicted molar refractivity (Wildman–Crippen MR) is 146 cm³/mol. The molecule has 8 atom stereocenters. The van der Waals surface area contributed by atoms with E-state index in [4.69, 9.17) is 19.4 Å². The minimum Gasteiger partial charge on any atom is -0.497 e. The van der Waals surface area contributed by atoms with Crippen LogP contribution >= 0.6 is 0 Å². The summed E-state index contributed by atoms with van der Waals surface area (Å²) in [6.45, 7) is 12.0. The van der Waals surface area contributed by atoms with Crippen LogP contribution in [-0.4, -0.2) is 58.8 Å². The molecule has 4 spiro atoms. The van der Waals surface area contributed by atoms with E-state index in [-0.39, 0.29) is 33.8 Å². The molecule has 4 saturated carbocycles. The van der Waals surface area contributed by atoms with Crippen molar-refractivity contribution in [2.45, 2.75) is 83.4 Å². The molecule has 2 aliphatic heterocycles. The lowest BCUT2D eigenvalue weighted by Crippen LogP contribution is -2.92. The molecule has 3 heterocycles. The van der Waals surface area contributed by atoms with E-state index in [9.17, 15) is 4.79 Å². The third kappa shape index (κ3) is 2.12. The molecule has 0 radical (unpaired) electrons. The van der Waals surface area contributed by atoms with E-state index in [2.05, 4.69) is 47.9 Å². The van der Waals surface area contributed by atoms with Crippen molar-refractivity contribution < 1.29 is 14.3 Å². The van der Waals surface area contributed by atoms with Gasteiger partial charge in [0, 0.05) is 46.8 Å². The van der Waals surface area contributed by atoms with Crippen molar-refractivity contribution in [3.05, 3.63) is 46.8 Å². The van der Waals surface area contributed by atoms with E-state index in [1.807, 2.05) is 20.8 Å². The zero-order valence-electron chi connectivity index (χ0n) is 23.9. The number of piperidine rings is 1. The molecule has 6 fully saturated rings. The molecular weight excluding hydrogens is 488 g/mol. The monoisotopic (exact) mass is 526 g/mol. The Morgan fingerprint density at radius 1 is 1.08 bits per heavy atom. The number of nitrogens with zero attached hydrogens (tertiary/aromatic N) is 4. The summed E-state index contributed by atoms with van der Waals surface area (Å²) < 4.78 is 11.8. The molecule has 39 heavy (non-hydrogen) atoms. The number of likely N-dealkylation sites (tertiary alicyclic amines) is 1. The molecule has 2 saturated heterocycles. The number of carbonyl (C=O) groups excluding carboxylic acids is 1. The highest BCUT2D eigenvalue weighted by molar-refractivity contribution is 5.76. The van der Waals surface area contributed by atoms with Crippen LogP contribution in [0.4, 0.5) is 10.7 Å². The Labute approximate surface area is 230 Å². The van der Waals surface area contributed by atoms with Gasteiger partial charge in [-0.2, -0.15) is 0 Å². The summed E-state index contributed by atoms with van der Waals surface area (Å²) in [5.74, 6) is 3.08. The van der Waals surface area contributed by atoms with Crippen molar-refractivity contribution in [2.75, 3.05) is 25.1 Å². The van der Waals surface area contributed by atoms with Gasteiger partial charge in [0.15, 0.2) is 0 Å². The molecule has 5 bridgehead atoms. The van der Waals surface area contributed by atoms with Gasteiger partial charge >= 0.3 is 6.09 Å². The van der Waals surface area contributed by atoms with Crippen molar-refractivity contribution in [1.29, 1.82) is 0 Å². The Balaban J connectivity index is 1.21. The topological polar surface area (TPSA) is 67.8 Å². The second-order valence-corrected chi connectivity index (χ2v) is 14.9. The van der Waals surface area contributed by atoms with Crippen LogP contribution in [0.1, 0.15) is 62.5 Å². The van der Waals surface area contributed by atoms with Gasteiger partial charge in [0.05, 0.1) is 13.2 Å². The number of benzene rings is 1. The van der Waals surface area contributed by atoms with Gasteiger partial charge in [0.1, 0.15) is 11.4 Å². The van der Waals surface area contributed by atoms with E-state index >= 15 is 0 Å². The molecule has 7 aliphatic rings. The Hall–Kier alpha value is -2.83. The number of fused-ring (bicyclic) bond motifs is 1. The van der Waals surface area contributed by atoms with Crippen molar-refractivity contribution in [2.24, 2.45) is 28.1 Å². The van der Waals surface area contributed by atoms with E-state index in [1.165, 1.54) is 30.4 Å². The van der Waals surface area contributed by atoms with Gasteiger partial charge in [-0.1, -0.05) is 6.07 Å². The summed E-state index contributed by atoms with van der Waals surface area (Å²) in [5, 5.41) is 0. The number of hydrogen-bond acceptors (Lipinski definition) is 6. The molecule has 204 valence electrons. The SMILES string of the molecule is COc1ccc2c(c1)C13C4C5CCC6C1(C[C@@]64CN5c1nc(C)cc(C)n1)C1N(C(=O)OC(C)(C)C)CC13C2. The minimum atomic E-state index is -0.484. The summed E-state index contributed by atoms with van der Waals surface area (Å²) in [6.07, 6.45) is 4.57. The van der Waals surface area contributed by atoms with Crippen LogP contribution in [0.25, 0.3) is 0 Å². The van der Waals surface area contributed by atoms with Gasteiger partial charge in [-0.15, -0.1) is 0 Å². The lowest BCUT2D eigenvalue weighted by atomic mass is 9.26. The van der Waals surface area contributed by atoms with Crippen molar-refractivity contribution >= 4 is 12.0 Å². The van der Waals surface area contributed by atoms with Crippen molar-refractivity contribution in [1.82, 2.24) is 14.9 Å². The number of amides is 1. The minimum absolute atomic E-state index is 0.0898. The molecule has 0 N–H and O–H groups in total. The molecule has 9 rings (SSSR count). The normalized spacial score (nSPS) is 42.9. The number of aromatic nitrogens is 2. The standard InChI is InChI=1S/C32H38N4O3/c1-17-11-18(2)34-26(33-17)35-15-29-14-31-23(29)10-9-22(35)24(29)32(31)21-12-20(38-6)8-7-19(21)13-30(32)16-36(25(30)31)27(37)39-28(3,4)5/h7-8,11-12,22-25H,9-10,13-16H2,1-6H3/t22?,23?,24?,25?,29-,30?,31?,32?/m1/s1. The average molecular weight is 527 g/mol. The van der Waals surface area contributed by atoms with Gasteiger partial charge in [-0.25, -0.2) is 14.8 Å². The smallest absolute Gasteiger partial charge is 0.410 e. The number of rotatable bonds is 2. The fourth-order valence-electron chi connectivity index (χ4n) is 12.4. The Morgan fingerprint density at radius 2 is 1.85 bits per heavy atom. The van der Waals surface area contributed by atoms with Crippen LogP contribution < -0.4 is 9.64 Å². The molecule has 1 aromatic heterocycles. The molecule has 1 amide bonds. The zero-order valence-corrected chi connectivity index (χ0v) is 23.9. The first-order valence-electron chi connectivity index (χ1n) is 14.8. The third-order valence-corrected chi connectivity index (χ3v) is 12.4. The number of ether oxygens (including phenoxy) is 2. The van der Waals surface area contributed by atoms with Crippen molar-refractivity contribution in [3.63, 3.8) is 0 Å². The first kappa shape index (κ1) is 22.9.